The molecule has 1 N–H and O–H groups in total. The van der Waals surface area contributed by atoms with Gasteiger partial charge in [-0.05, 0) is 13.1 Å². The van der Waals surface area contributed by atoms with Gasteiger partial charge >= 0.3 is 0 Å². The van der Waals surface area contributed by atoms with Gasteiger partial charge in [0.1, 0.15) is 0 Å². The van der Waals surface area contributed by atoms with Crippen molar-refractivity contribution < 1.29 is 8.78 Å². The molecule has 0 amide bonds. The van der Waals surface area contributed by atoms with Crippen LogP contribution in [-0.2, 0) is 0 Å². The molecule has 1 aromatic carbocycles. The molecule has 0 saturated carbocycles. The molecule has 3 unspecified atom stereocenters. The van der Waals surface area contributed by atoms with Crippen LogP contribution in [0.1, 0.15) is 18.5 Å². The van der Waals surface area contributed by atoms with Crippen molar-refractivity contribution >= 4 is 23.5 Å². The molecule has 1 heterocycles. The molecule has 0 radical (unpaired) electrons. The van der Waals surface area contributed by atoms with E-state index in [1.165, 1.54) is 0 Å². The van der Waals surface area contributed by atoms with Crippen LogP contribution in [-0.4, -0.2) is 29.1 Å². The van der Waals surface area contributed by atoms with Crippen molar-refractivity contribution in [2.24, 2.45) is 0 Å². The first-order valence-corrected chi connectivity index (χ1v) is 8.09. The first kappa shape index (κ1) is 14.2. The zero-order valence-electron chi connectivity index (χ0n) is 10.5. The minimum Gasteiger partial charge on any atom is -0.312 e. The van der Waals surface area contributed by atoms with Crippen molar-refractivity contribution in [1.29, 1.82) is 0 Å². The van der Waals surface area contributed by atoms with Crippen molar-refractivity contribution in [2.75, 3.05) is 18.6 Å². The van der Waals surface area contributed by atoms with Crippen LogP contribution >= 0.6 is 23.5 Å². The predicted molar refractivity (Wildman–Crippen MR) is 76.3 cm³/mol. The number of benzene rings is 1. The third-order valence-electron chi connectivity index (χ3n) is 3.19. The molecule has 1 nitrogen and oxygen atoms in total. The largest absolute Gasteiger partial charge is 0.312 e. The summed E-state index contributed by atoms with van der Waals surface area (Å²) in [4.78, 5) is 0. The zero-order valence-corrected chi connectivity index (χ0v) is 12.1. The Labute approximate surface area is 115 Å². The van der Waals surface area contributed by atoms with Crippen LogP contribution in [0.5, 0.6) is 0 Å². The lowest BCUT2D eigenvalue weighted by Crippen LogP contribution is -2.36. The van der Waals surface area contributed by atoms with Crippen molar-refractivity contribution in [3.05, 3.63) is 35.4 Å². The van der Waals surface area contributed by atoms with E-state index in [1.807, 2.05) is 30.6 Å². The van der Waals surface area contributed by atoms with Crippen molar-refractivity contribution in [3.63, 3.8) is 0 Å². The Bertz CT molecular complexity index is 414. The molecule has 1 aromatic rings. The number of hydrogen-bond acceptors (Lipinski definition) is 3. The first-order chi connectivity index (χ1) is 8.65. The summed E-state index contributed by atoms with van der Waals surface area (Å²) in [6.07, 6.45) is 0. The molecule has 5 heteroatoms. The van der Waals surface area contributed by atoms with Gasteiger partial charge in [-0.25, -0.2) is 8.78 Å². The molecule has 0 aromatic heterocycles. The molecular formula is C13H17F2NS2. The van der Waals surface area contributed by atoms with Crippen molar-refractivity contribution in [2.45, 2.75) is 23.5 Å². The van der Waals surface area contributed by atoms with E-state index in [9.17, 15) is 8.78 Å². The van der Waals surface area contributed by atoms with Gasteiger partial charge in [-0.15, -0.1) is 0 Å². The van der Waals surface area contributed by atoms with Crippen LogP contribution in [0.2, 0.25) is 0 Å². The predicted octanol–water partition coefficient (Wildman–Crippen LogP) is 3.46. The fourth-order valence-corrected chi connectivity index (χ4v) is 5.25. The molecule has 1 aliphatic rings. The van der Waals surface area contributed by atoms with E-state index in [-0.39, 0.29) is 11.3 Å². The van der Waals surface area contributed by atoms with E-state index in [4.69, 9.17) is 0 Å². The van der Waals surface area contributed by atoms with Gasteiger partial charge in [0, 0.05) is 33.6 Å². The maximum Gasteiger partial charge on any atom is 0.163 e. The van der Waals surface area contributed by atoms with E-state index < -0.39 is 11.6 Å². The normalized spacial score (nSPS) is 26.0. The highest BCUT2D eigenvalue weighted by molar-refractivity contribution is 8.07. The second-order valence-electron chi connectivity index (χ2n) is 4.32. The lowest BCUT2D eigenvalue weighted by molar-refractivity contribution is 0.467. The number of hydrogen-bond donors (Lipinski definition) is 1. The van der Waals surface area contributed by atoms with Crippen molar-refractivity contribution in [1.82, 2.24) is 5.32 Å². The van der Waals surface area contributed by atoms with Crippen LogP contribution in [0.25, 0.3) is 0 Å². The van der Waals surface area contributed by atoms with Crippen LogP contribution < -0.4 is 5.32 Å². The zero-order chi connectivity index (χ0) is 13.1. The van der Waals surface area contributed by atoms with Gasteiger partial charge in [0.05, 0.1) is 0 Å². The number of halogens is 2. The topological polar surface area (TPSA) is 12.0 Å². The summed E-state index contributed by atoms with van der Waals surface area (Å²) >= 11 is 3.74. The smallest absolute Gasteiger partial charge is 0.163 e. The molecule has 0 spiro atoms. The summed E-state index contributed by atoms with van der Waals surface area (Å²) in [5, 5.41) is 3.85. The molecule has 100 valence electrons. The molecule has 1 saturated heterocycles. The second-order valence-corrected chi connectivity index (χ2v) is 7.09. The van der Waals surface area contributed by atoms with Gasteiger partial charge in [0.2, 0.25) is 0 Å². The second kappa shape index (κ2) is 6.26. The fraction of sp³-hybridized carbons (Fsp3) is 0.538. The van der Waals surface area contributed by atoms with Gasteiger partial charge in [-0.3, -0.25) is 0 Å². The maximum absolute atomic E-state index is 13.9. The van der Waals surface area contributed by atoms with Crippen LogP contribution in [0, 0.1) is 11.6 Å². The van der Waals surface area contributed by atoms with E-state index in [0.717, 1.165) is 17.6 Å². The number of thioether (sulfide) groups is 2. The van der Waals surface area contributed by atoms with E-state index in [2.05, 4.69) is 12.2 Å². The van der Waals surface area contributed by atoms with Crippen molar-refractivity contribution in [3.8, 4) is 0 Å². The Morgan fingerprint density at radius 1 is 1.28 bits per heavy atom. The van der Waals surface area contributed by atoms with E-state index in [0.29, 0.717) is 10.8 Å². The molecule has 0 bridgehead atoms. The van der Waals surface area contributed by atoms with Gasteiger partial charge in [-0.2, -0.15) is 23.5 Å². The third-order valence-corrected chi connectivity index (χ3v) is 6.39. The monoisotopic (exact) mass is 289 g/mol. The summed E-state index contributed by atoms with van der Waals surface area (Å²) in [5.74, 6) is 0.702. The summed E-state index contributed by atoms with van der Waals surface area (Å²) < 4.78 is 27.2. The maximum atomic E-state index is 13.9. The van der Waals surface area contributed by atoms with E-state index >= 15 is 0 Å². The van der Waals surface area contributed by atoms with Gasteiger partial charge in [-0.1, -0.05) is 19.1 Å². The quantitative estimate of drug-likeness (QED) is 0.915. The average molecular weight is 289 g/mol. The summed E-state index contributed by atoms with van der Waals surface area (Å²) in [6.45, 7) is 2.16. The fourth-order valence-electron chi connectivity index (χ4n) is 2.27. The lowest BCUT2D eigenvalue weighted by atomic mass is 10.0. The Balaban J connectivity index is 2.29. The standard InChI is InChI=1S/C13H17F2NS2/c1-8-13(18-7-6-17-8)12(16-2)9-4-3-5-10(14)11(9)15/h3-5,8,12-13,16H,6-7H2,1-2H3. The Morgan fingerprint density at radius 2 is 2.00 bits per heavy atom. The Kier molecular flexibility index (Phi) is 4.92. The molecular weight excluding hydrogens is 272 g/mol. The Hall–Kier alpha value is -0.260. The molecule has 18 heavy (non-hydrogen) atoms. The third kappa shape index (κ3) is 2.83. The molecule has 0 aliphatic carbocycles. The number of rotatable bonds is 3. The van der Waals surface area contributed by atoms with Crippen LogP contribution in [0.15, 0.2) is 18.2 Å². The van der Waals surface area contributed by atoms with Gasteiger partial charge < -0.3 is 5.32 Å². The van der Waals surface area contributed by atoms with Gasteiger partial charge in [0.25, 0.3) is 0 Å². The SMILES string of the molecule is CNC(c1cccc(F)c1F)C1SCCSC1C. The molecule has 3 atom stereocenters. The molecule has 1 fully saturated rings. The van der Waals surface area contributed by atoms with Gasteiger partial charge in [0.15, 0.2) is 11.6 Å². The lowest BCUT2D eigenvalue weighted by Gasteiger charge is -2.34. The molecule has 1 aliphatic heterocycles. The first-order valence-electron chi connectivity index (χ1n) is 5.99. The van der Waals surface area contributed by atoms with Crippen LogP contribution in [0.3, 0.4) is 0 Å². The van der Waals surface area contributed by atoms with E-state index in [1.54, 1.807) is 12.1 Å². The highest BCUT2D eigenvalue weighted by Gasteiger charge is 2.32. The number of nitrogens with one attached hydrogen (secondary N) is 1. The minimum atomic E-state index is -0.770. The highest BCUT2D eigenvalue weighted by atomic mass is 32.2. The minimum absolute atomic E-state index is 0.145. The molecule has 2 rings (SSSR count). The van der Waals surface area contributed by atoms with Crippen LogP contribution in [0.4, 0.5) is 8.78 Å². The summed E-state index contributed by atoms with van der Waals surface area (Å²) in [6, 6.07) is 4.27. The average Bonchev–Trinajstić information content (AvgIpc) is 2.37. The summed E-state index contributed by atoms with van der Waals surface area (Å²) in [5.41, 5.74) is 0.435. The Morgan fingerprint density at radius 3 is 2.67 bits per heavy atom. The summed E-state index contributed by atoms with van der Waals surface area (Å²) in [7, 11) is 1.81. The highest BCUT2D eigenvalue weighted by Crippen LogP contribution is 2.39.